The van der Waals surface area contributed by atoms with Crippen molar-refractivity contribution >= 4 is 11.8 Å². The summed E-state index contributed by atoms with van der Waals surface area (Å²) in [6.07, 6.45) is 1.02. The first-order valence-corrected chi connectivity index (χ1v) is 3.16. The zero-order valence-corrected chi connectivity index (χ0v) is 6.08. The highest BCUT2D eigenvalue weighted by Crippen LogP contribution is 1.93. The van der Waals surface area contributed by atoms with Gasteiger partial charge in [0.05, 0.1) is 0 Å². The summed E-state index contributed by atoms with van der Waals surface area (Å²) < 4.78 is 0. The van der Waals surface area contributed by atoms with Crippen LogP contribution in [0.5, 0.6) is 0 Å². The molecular formula is C5H12N4O2. The molecule has 0 aromatic carbocycles. The largest absolute Gasteiger partial charge is 0.481 e. The van der Waals surface area contributed by atoms with Gasteiger partial charge in [-0.1, -0.05) is 0 Å². The number of carboxylic acid groups (broad SMARTS) is 1. The van der Waals surface area contributed by atoms with Crippen molar-refractivity contribution in [3.63, 3.8) is 0 Å². The Hall–Kier alpha value is -1.30. The van der Waals surface area contributed by atoms with Crippen molar-refractivity contribution in [1.82, 2.24) is 5.53 Å². The minimum absolute atomic E-state index is 0.0980. The minimum Gasteiger partial charge on any atom is -0.481 e. The van der Waals surface area contributed by atoms with E-state index < -0.39 is 5.97 Å². The molecule has 6 nitrogen and oxygen atoms in total. The Kier molecular flexibility index (Phi) is 4.83. The average molecular weight is 160 g/mol. The normalized spacial score (nSPS) is 11.2. The van der Waals surface area contributed by atoms with Gasteiger partial charge >= 0.3 is 5.97 Å². The Bertz CT molecular complexity index is 157. The monoisotopic (exact) mass is 160 g/mol. The lowest BCUT2D eigenvalue weighted by molar-refractivity contribution is -0.137. The van der Waals surface area contributed by atoms with Gasteiger partial charge in [0.2, 0.25) is 0 Å². The standard InChI is InChI=1S/C5H12N4O2/c6-4(8-9-7)2-1-3-5(10)11/h9H,1-3,7H2,(H2,6,8)(H,10,11). The fourth-order valence-electron chi connectivity index (χ4n) is 0.560. The van der Waals surface area contributed by atoms with Crippen LogP contribution in [0, 0.1) is 0 Å². The Morgan fingerprint density at radius 1 is 1.55 bits per heavy atom. The summed E-state index contributed by atoms with van der Waals surface area (Å²) in [7, 11) is 0. The zero-order valence-electron chi connectivity index (χ0n) is 6.08. The van der Waals surface area contributed by atoms with Gasteiger partial charge in [0.25, 0.3) is 0 Å². The molecule has 0 aliphatic carbocycles. The van der Waals surface area contributed by atoms with E-state index in [9.17, 15) is 4.79 Å². The molecule has 0 aromatic rings. The van der Waals surface area contributed by atoms with Gasteiger partial charge in [-0.25, -0.2) is 11.4 Å². The number of hydrogen-bond acceptors (Lipinski definition) is 4. The van der Waals surface area contributed by atoms with Crippen LogP contribution in [0.2, 0.25) is 0 Å². The number of carbonyl (C=O) groups is 1. The molecule has 0 aliphatic rings. The molecule has 0 rings (SSSR count). The van der Waals surface area contributed by atoms with Crippen LogP contribution in [-0.2, 0) is 4.79 Å². The Balaban J connectivity index is 3.38. The van der Waals surface area contributed by atoms with E-state index in [2.05, 4.69) is 5.10 Å². The number of nitrogens with two attached hydrogens (primary N) is 2. The minimum atomic E-state index is -0.835. The highest BCUT2D eigenvalue weighted by atomic mass is 16.4. The van der Waals surface area contributed by atoms with Crippen LogP contribution in [-0.4, -0.2) is 16.9 Å². The molecule has 0 fully saturated rings. The fourth-order valence-corrected chi connectivity index (χ4v) is 0.560. The van der Waals surface area contributed by atoms with Crippen molar-refractivity contribution in [1.29, 1.82) is 0 Å². The van der Waals surface area contributed by atoms with E-state index in [1.54, 1.807) is 0 Å². The molecule has 0 heterocycles. The van der Waals surface area contributed by atoms with E-state index in [0.29, 0.717) is 18.7 Å². The van der Waals surface area contributed by atoms with Crippen molar-refractivity contribution in [2.45, 2.75) is 19.3 Å². The van der Waals surface area contributed by atoms with E-state index >= 15 is 0 Å². The van der Waals surface area contributed by atoms with Crippen LogP contribution in [0.25, 0.3) is 0 Å². The summed E-state index contributed by atoms with van der Waals surface area (Å²) >= 11 is 0. The molecule has 6 heteroatoms. The van der Waals surface area contributed by atoms with Crippen molar-refractivity contribution in [2.75, 3.05) is 0 Å². The highest BCUT2D eigenvalue weighted by molar-refractivity contribution is 5.80. The quantitative estimate of drug-likeness (QED) is 0.178. The number of rotatable bonds is 5. The first kappa shape index (κ1) is 9.70. The predicted molar refractivity (Wildman–Crippen MR) is 40.4 cm³/mol. The lowest BCUT2D eigenvalue weighted by Crippen LogP contribution is -2.22. The molecule has 11 heavy (non-hydrogen) atoms. The predicted octanol–water partition coefficient (Wildman–Crippen LogP) is -1.02. The second-order valence-corrected chi connectivity index (χ2v) is 1.98. The molecule has 0 unspecified atom stereocenters. The molecule has 6 N–H and O–H groups in total. The van der Waals surface area contributed by atoms with Gasteiger partial charge in [-0.3, -0.25) is 4.79 Å². The smallest absolute Gasteiger partial charge is 0.303 e. The molecule has 0 radical (unpaired) electrons. The fraction of sp³-hybridized carbons (Fsp3) is 0.600. The summed E-state index contributed by atoms with van der Waals surface area (Å²) in [4.78, 5) is 10.0. The molecule has 0 saturated carbocycles. The second-order valence-electron chi connectivity index (χ2n) is 1.98. The van der Waals surface area contributed by atoms with Gasteiger partial charge in [-0.2, -0.15) is 5.10 Å². The van der Waals surface area contributed by atoms with Crippen molar-refractivity contribution in [3.8, 4) is 0 Å². The number of aliphatic carboxylic acids is 1. The third-order valence-corrected chi connectivity index (χ3v) is 1.03. The van der Waals surface area contributed by atoms with Gasteiger partial charge in [0.15, 0.2) is 0 Å². The third-order valence-electron chi connectivity index (χ3n) is 1.03. The number of nitrogens with one attached hydrogen (secondary N) is 1. The SMILES string of the molecule is NN/N=C(\N)CCCC(=O)O. The summed E-state index contributed by atoms with van der Waals surface area (Å²) in [5, 5.41) is 11.7. The third kappa shape index (κ3) is 6.59. The highest BCUT2D eigenvalue weighted by Gasteiger charge is 1.97. The average Bonchev–Trinajstić information content (AvgIpc) is 1.87. The van der Waals surface area contributed by atoms with Gasteiger partial charge in [0.1, 0.15) is 5.84 Å². The lowest BCUT2D eigenvalue weighted by Gasteiger charge is -1.96. The van der Waals surface area contributed by atoms with Crippen molar-refractivity contribution in [2.24, 2.45) is 16.7 Å². The number of amidine groups is 1. The van der Waals surface area contributed by atoms with Crippen LogP contribution in [0.4, 0.5) is 0 Å². The number of carboxylic acids is 1. The van der Waals surface area contributed by atoms with Gasteiger partial charge < -0.3 is 10.8 Å². The van der Waals surface area contributed by atoms with Crippen molar-refractivity contribution in [3.05, 3.63) is 0 Å². The first-order valence-electron chi connectivity index (χ1n) is 3.16. The summed E-state index contributed by atoms with van der Waals surface area (Å²) in [6.45, 7) is 0. The molecule has 0 atom stereocenters. The van der Waals surface area contributed by atoms with Crippen LogP contribution >= 0.6 is 0 Å². The Labute approximate surface area is 64.2 Å². The van der Waals surface area contributed by atoms with Crippen LogP contribution in [0.3, 0.4) is 0 Å². The molecule has 0 aromatic heterocycles. The Morgan fingerprint density at radius 2 is 2.18 bits per heavy atom. The molecule has 0 bridgehead atoms. The maximum atomic E-state index is 10.0. The van der Waals surface area contributed by atoms with E-state index in [4.69, 9.17) is 16.7 Å². The van der Waals surface area contributed by atoms with E-state index in [-0.39, 0.29) is 6.42 Å². The molecule has 0 amide bonds. The number of nitrogens with zero attached hydrogens (tertiary/aromatic N) is 1. The Morgan fingerprint density at radius 3 is 2.64 bits per heavy atom. The summed E-state index contributed by atoms with van der Waals surface area (Å²) in [5.74, 6) is 4.31. The van der Waals surface area contributed by atoms with Crippen LogP contribution in [0.15, 0.2) is 5.10 Å². The lowest BCUT2D eigenvalue weighted by atomic mass is 10.2. The molecule has 64 valence electrons. The van der Waals surface area contributed by atoms with Crippen LogP contribution < -0.4 is 17.1 Å². The maximum Gasteiger partial charge on any atom is 0.303 e. The van der Waals surface area contributed by atoms with Gasteiger partial charge in [-0.15, -0.1) is 0 Å². The van der Waals surface area contributed by atoms with Crippen molar-refractivity contribution < 1.29 is 9.90 Å². The summed E-state index contributed by atoms with van der Waals surface area (Å²) in [6, 6.07) is 0. The first-order chi connectivity index (χ1) is 5.16. The maximum absolute atomic E-state index is 10.0. The van der Waals surface area contributed by atoms with E-state index in [1.807, 2.05) is 5.53 Å². The van der Waals surface area contributed by atoms with Gasteiger partial charge in [-0.05, 0) is 6.42 Å². The number of hydrogen-bond donors (Lipinski definition) is 4. The number of hydrazine groups is 1. The molecule has 0 saturated heterocycles. The van der Waals surface area contributed by atoms with E-state index in [1.165, 1.54) is 0 Å². The zero-order chi connectivity index (χ0) is 8.69. The topological polar surface area (TPSA) is 114 Å². The molecule has 0 aliphatic heterocycles. The van der Waals surface area contributed by atoms with Crippen LogP contribution in [0.1, 0.15) is 19.3 Å². The molecular weight excluding hydrogens is 148 g/mol. The second kappa shape index (κ2) is 5.48. The molecule has 0 spiro atoms. The number of hydrazone groups is 1. The summed E-state index contributed by atoms with van der Waals surface area (Å²) in [5.41, 5.74) is 7.31. The van der Waals surface area contributed by atoms with Gasteiger partial charge in [0, 0.05) is 12.8 Å². The van der Waals surface area contributed by atoms with E-state index in [0.717, 1.165) is 0 Å².